The number of fused-ring (bicyclic) bond motifs is 3. The molecule has 0 unspecified atom stereocenters. The van der Waals surface area contributed by atoms with Gasteiger partial charge in [0.2, 0.25) is 27.7 Å². The highest BCUT2D eigenvalue weighted by atomic mass is 35.5. The van der Waals surface area contributed by atoms with Crippen LogP contribution in [0.1, 0.15) is 27.2 Å². The highest BCUT2D eigenvalue weighted by Crippen LogP contribution is 2.34. The molecule has 572 valence electrons. The maximum atomic E-state index is 12.9. The summed E-state index contributed by atoms with van der Waals surface area (Å²) in [7, 11) is -3.67. The summed E-state index contributed by atoms with van der Waals surface area (Å²) < 4.78 is 150. The molecule has 0 radical (unpaired) electrons. The third kappa shape index (κ3) is 20.7. The van der Waals surface area contributed by atoms with Crippen LogP contribution in [0.5, 0.6) is 0 Å². The number of hydrogen-bond donors (Lipinski definition) is 6. The number of aromatic nitrogens is 12. The largest absolute Gasteiger partial charge is 0.449 e. The number of amides is 5. The molecule has 0 aliphatic carbocycles. The van der Waals surface area contributed by atoms with Crippen molar-refractivity contribution < 1.29 is 81.4 Å². The molecule has 0 aromatic carbocycles. The lowest BCUT2D eigenvalue weighted by atomic mass is 10.1. The van der Waals surface area contributed by atoms with Crippen LogP contribution in [0.15, 0.2) is 92.2 Å². The van der Waals surface area contributed by atoms with Crippen molar-refractivity contribution in [2.45, 2.75) is 63.8 Å². The van der Waals surface area contributed by atoms with Gasteiger partial charge in [0.15, 0.2) is 17.5 Å². The molecule has 107 heavy (non-hydrogen) atoms. The van der Waals surface area contributed by atoms with E-state index in [0.29, 0.717) is 94.6 Å². The van der Waals surface area contributed by atoms with E-state index in [1.807, 2.05) is 36.7 Å². The molecule has 6 N–H and O–H groups in total. The van der Waals surface area contributed by atoms with Gasteiger partial charge in [-0.3, -0.25) is 14.4 Å². The fourth-order valence-electron chi connectivity index (χ4n) is 11.4. The first-order chi connectivity index (χ1) is 50.6. The van der Waals surface area contributed by atoms with Crippen molar-refractivity contribution in [1.82, 2.24) is 89.9 Å². The maximum absolute atomic E-state index is 12.9. The maximum Gasteiger partial charge on any atom is 0.409 e. The van der Waals surface area contributed by atoms with Gasteiger partial charge in [-0.25, -0.2) is 62.9 Å². The minimum absolute atomic E-state index is 0.0355. The smallest absolute Gasteiger partial charge is 0.409 e. The SMILES string of the molecule is CC(C)COC(=O)N1CCN(c2ccnc(-c3c[nH]c4ncc(Cl)cc34)n2)[C@H](C(=O)NCC(F)(F)F)C1.CCCOC(=O)N1CCN(c2ccnc(-c3c[nH]c4ncc(Cl)cc34)n2)[C@H](C(=O)NCC(F)(F)F)C1.CS(=O)(=O)N1CCN(c2ccnc(-c3c[nH]c4ncc(Cl)cc34)n2)[C@@H](C(=O)NCC(F)(F)F)C1. The standard InChI is InChI=1S/C23H25ClF3N7O3.C22H23ClF3N7O3.C19H19ClF3N7O3S/c1-13(2)11-37-22(36)33-5-6-34(17(10-33)21(35)31-12-23(25,26)27)18-3-4-28-20(32-18)16-9-30-19-15(16)7-14(24)8-29-19;1-2-7-36-21(35)32-5-6-33(16(11-32)20(34)30-12-22(24,25)26)17-3-4-27-19(31-17)15-10-29-18-14(15)8-13(23)9-28-18;1-34(32,33)29-4-5-30(14(9-29)18(31)27-10-19(21,22)23)15-2-3-24-17(28-15)13-8-26-16-12(13)6-11(20)7-25-16/h3-4,7-9,13,17H,5-6,10-12H2,1-2H3,(H,29,30)(H,31,35);3-4,8-10,16H,2,5-7,11-12H2,1H3,(H,28,29)(H,30,34);2-3,6-8,14H,4-5,9-10H2,1H3,(H,25,26)(H,27,31)/t17-;16-;14-/m001/s1. The normalized spacial score (nSPS) is 16.8. The molecular formula is C64H67Cl3F9N21O9S. The molecule has 3 saturated heterocycles. The minimum atomic E-state index is -4.61. The molecule has 0 saturated carbocycles. The molecule has 0 bridgehead atoms. The van der Waals surface area contributed by atoms with Gasteiger partial charge in [0.05, 0.1) is 47.6 Å². The predicted octanol–water partition coefficient (Wildman–Crippen LogP) is 8.83. The van der Waals surface area contributed by atoms with E-state index in [2.05, 4.69) is 59.8 Å². The number of nitrogens with zero attached hydrogens (tertiary/aromatic N) is 15. The topological polar surface area (TPSA) is 357 Å². The van der Waals surface area contributed by atoms with Gasteiger partial charge in [-0.1, -0.05) is 55.6 Å². The fourth-order valence-corrected chi connectivity index (χ4v) is 12.7. The molecule has 43 heteroatoms. The summed E-state index contributed by atoms with van der Waals surface area (Å²) in [6.45, 7) is 1.52. The highest BCUT2D eigenvalue weighted by molar-refractivity contribution is 7.88. The Morgan fingerprint density at radius 3 is 1.19 bits per heavy atom. The van der Waals surface area contributed by atoms with E-state index in [1.54, 1.807) is 58.7 Å². The van der Waals surface area contributed by atoms with E-state index in [4.69, 9.17) is 44.3 Å². The number of carbonyl (C=O) groups excluding carboxylic acids is 5. The van der Waals surface area contributed by atoms with Gasteiger partial charge in [-0.05, 0) is 48.7 Å². The molecule has 12 rings (SSSR count). The van der Waals surface area contributed by atoms with Crippen molar-refractivity contribution in [3.63, 3.8) is 0 Å². The van der Waals surface area contributed by atoms with Gasteiger partial charge >= 0.3 is 30.7 Å². The average molecular weight is 1580 g/mol. The Kier molecular flexibility index (Phi) is 25.0. The van der Waals surface area contributed by atoms with Crippen LogP contribution in [0.25, 0.3) is 67.3 Å². The van der Waals surface area contributed by atoms with Gasteiger partial charge in [-0.15, -0.1) is 0 Å². The van der Waals surface area contributed by atoms with Gasteiger partial charge in [0.25, 0.3) is 0 Å². The number of anilines is 3. The Morgan fingerprint density at radius 2 is 0.860 bits per heavy atom. The molecular weight excluding hydrogens is 1520 g/mol. The van der Waals surface area contributed by atoms with E-state index in [0.717, 1.165) is 10.6 Å². The van der Waals surface area contributed by atoms with Crippen molar-refractivity contribution in [3.8, 4) is 34.2 Å². The molecule has 12 heterocycles. The van der Waals surface area contributed by atoms with Gasteiger partial charge < -0.3 is 64.9 Å². The molecule has 3 aliphatic heterocycles. The molecule has 3 fully saturated rings. The fraction of sp³-hybridized carbons (Fsp3) is 0.406. The van der Waals surface area contributed by atoms with Gasteiger partial charge in [0.1, 0.15) is 72.2 Å². The summed E-state index contributed by atoms with van der Waals surface area (Å²) in [5.41, 5.74) is 3.51. The lowest BCUT2D eigenvalue weighted by Gasteiger charge is -2.40. The summed E-state index contributed by atoms with van der Waals surface area (Å²) in [5, 5.41) is 8.94. The number of ether oxygens (including phenoxy) is 2. The average Bonchev–Trinajstić information content (AvgIpc) is 1.78. The monoisotopic (exact) mass is 1580 g/mol. The number of alkyl halides is 9. The van der Waals surface area contributed by atoms with Crippen LogP contribution in [0.4, 0.5) is 66.6 Å². The molecule has 3 aliphatic rings. The summed E-state index contributed by atoms with van der Waals surface area (Å²) in [6.07, 6.45) is 0.425. The van der Waals surface area contributed by atoms with Crippen molar-refractivity contribution in [2.75, 3.05) is 113 Å². The van der Waals surface area contributed by atoms with E-state index in [9.17, 15) is 71.9 Å². The summed E-state index contributed by atoms with van der Waals surface area (Å²) in [6, 6.07) is 6.22. The van der Waals surface area contributed by atoms with Gasteiger partial charge in [0, 0.05) is 134 Å². The zero-order valence-electron chi connectivity index (χ0n) is 56.9. The lowest BCUT2D eigenvalue weighted by molar-refractivity contribution is -0.139. The first kappa shape index (κ1) is 79.4. The number of nitrogens with one attached hydrogen (secondary N) is 6. The first-order valence-corrected chi connectivity index (χ1v) is 35.6. The van der Waals surface area contributed by atoms with E-state index < -0.39 is 96.2 Å². The van der Waals surface area contributed by atoms with Crippen LogP contribution in [-0.4, -0.2) is 247 Å². The number of carbonyl (C=O) groups is 5. The predicted molar refractivity (Wildman–Crippen MR) is 374 cm³/mol. The summed E-state index contributed by atoms with van der Waals surface area (Å²) >= 11 is 18.2. The molecule has 9 aromatic heterocycles. The number of rotatable bonds is 17. The summed E-state index contributed by atoms with van der Waals surface area (Å²) in [4.78, 5) is 119. The zero-order valence-corrected chi connectivity index (χ0v) is 60.0. The second-order valence-corrected chi connectivity index (χ2v) is 28.0. The summed E-state index contributed by atoms with van der Waals surface area (Å²) in [5.74, 6) is -0.857. The lowest BCUT2D eigenvalue weighted by Crippen LogP contribution is -2.61. The van der Waals surface area contributed by atoms with Crippen molar-refractivity contribution >= 4 is 125 Å². The van der Waals surface area contributed by atoms with Crippen molar-refractivity contribution in [2.24, 2.45) is 5.92 Å². The number of sulfonamides is 1. The Morgan fingerprint density at radius 1 is 0.523 bits per heavy atom. The number of halogens is 12. The number of hydrogen-bond acceptors (Lipinski definition) is 21. The van der Waals surface area contributed by atoms with Crippen molar-refractivity contribution in [3.05, 3.63) is 107 Å². The van der Waals surface area contributed by atoms with Crippen molar-refractivity contribution in [1.29, 1.82) is 0 Å². The Balaban J connectivity index is 0.000000172. The van der Waals surface area contributed by atoms with Crippen LogP contribution in [0.2, 0.25) is 15.1 Å². The molecule has 0 spiro atoms. The van der Waals surface area contributed by atoms with Crippen LogP contribution >= 0.6 is 34.8 Å². The number of aromatic amines is 3. The zero-order chi connectivity index (χ0) is 77.3. The van der Waals surface area contributed by atoms with Crippen LogP contribution < -0.4 is 30.7 Å². The van der Waals surface area contributed by atoms with Gasteiger partial charge in [-0.2, -0.15) is 43.8 Å². The van der Waals surface area contributed by atoms with Crippen LogP contribution in [0.3, 0.4) is 0 Å². The third-order valence-electron chi connectivity index (χ3n) is 16.4. The second-order valence-electron chi connectivity index (χ2n) is 24.7. The van der Waals surface area contributed by atoms with Crippen LogP contribution in [0, 0.1) is 5.92 Å². The molecule has 30 nitrogen and oxygen atoms in total. The molecule has 9 aromatic rings. The van der Waals surface area contributed by atoms with E-state index >= 15 is 0 Å². The molecule has 3 atom stereocenters. The first-order valence-electron chi connectivity index (χ1n) is 32.6. The highest BCUT2D eigenvalue weighted by Gasteiger charge is 2.42. The number of H-pyrrole nitrogens is 3. The third-order valence-corrected chi connectivity index (χ3v) is 18.3. The van der Waals surface area contributed by atoms with Crippen LogP contribution in [-0.2, 0) is 33.9 Å². The number of pyridine rings is 3. The van der Waals surface area contributed by atoms with E-state index in [1.165, 1.54) is 57.9 Å². The Bertz CT molecular complexity index is 4810. The second kappa shape index (κ2) is 33.7. The Labute approximate surface area is 617 Å². The van der Waals surface area contributed by atoms with E-state index in [-0.39, 0.29) is 89.7 Å². The Hall–Kier alpha value is -10.2. The molecule has 5 amide bonds. The minimum Gasteiger partial charge on any atom is -0.449 e. The number of piperazine rings is 3. The quantitative estimate of drug-likeness (QED) is 0.0463.